The number of halogens is 1. The van der Waals surface area contributed by atoms with Crippen LogP contribution in [0.3, 0.4) is 0 Å². The van der Waals surface area contributed by atoms with E-state index in [0.29, 0.717) is 18.8 Å². The van der Waals surface area contributed by atoms with Crippen molar-refractivity contribution in [3.63, 3.8) is 0 Å². The summed E-state index contributed by atoms with van der Waals surface area (Å²) in [6, 6.07) is 0. The third-order valence-corrected chi connectivity index (χ3v) is 2.79. The summed E-state index contributed by atoms with van der Waals surface area (Å²) < 4.78 is 13.1. The molecule has 0 heterocycles. The van der Waals surface area contributed by atoms with Gasteiger partial charge in [-0.2, -0.15) is 0 Å². The lowest BCUT2D eigenvalue weighted by atomic mass is 9.99. The van der Waals surface area contributed by atoms with Crippen LogP contribution in [0.4, 0.5) is 4.39 Å². The van der Waals surface area contributed by atoms with Crippen LogP contribution >= 0.6 is 0 Å². The second-order valence-electron chi connectivity index (χ2n) is 4.05. The molecule has 1 N–H and O–H groups in total. The second kappa shape index (κ2) is 4.80. The number of hydrogen-bond donors (Lipinski definition) is 1. The van der Waals surface area contributed by atoms with Gasteiger partial charge in [0, 0.05) is 0 Å². The number of aliphatic hydroxyl groups excluding tert-OH is 1. The number of hydrogen-bond acceptors (Lipinski definition) is 1. The van der Waals surface area contributed by atoms with Gasteiger partial charge in [-0.25, -0.2) is 4.39 Å². The zero-order valence-electron chi connectivity index (χ0n) is 7.80. The Morgan fingerprint density at radius 1 is 1.08 bits per heavy atom. The van der Waals surface area contributed by atoms with Gasteiger partial charge < -0.3 is 5.11 Å². The summed E-state index contributed by atoms with van der Waals surface area (Å²) in [5, 5.41) is 9.32. The van der Waals surface area contributed by atoms with E-state index in [2.05, 4.69) is 6.92 Å². The molecule has 12 heavy (non-hydrogen) atoms. The zero-order chi connectivity index (χ0) is 8.97. The minimum Gasteiger partial charge on any atom is -0.390 e. The van der Waals surface area contributed by atoms with Crippen molar-refractivity contribution in [2.45, 2.75) is 57.7 Å². The van der Waals surface area contributed by atoms with Gasteiger partial charge in [-0.3, -0.25) is 0 Å². The van der Waals surface area contributed by atoms with Gasteiger partial charge in [0.25, 0.3) is 0 Å². The minimum atomic E-state index is -0.977. The maximum Gasteiger partial charge on any atom is 0.126 e. The standard InChI is InChI=1S/C10H19FO/c1-8-4-2-6-9(11)10(12)7-3-5-8/h8-10,12H,2-7H2,1H3. The van der Waals surface area contributed by atoms with Gasteiger partial charge in [-0.1, -0.05) is 32.6 Å². The number of aliphatic hydroxyl groups is 1. The predicted molar refractivity (Wildman–Crippen MR) is 47.8 cm³/mol. The molecule has 3 unspecified atom stereocenters. The molecule has 0 bridgehead atoms. The van der Waals surface area contributed by atoms with Crippen LogP contribution in [-0.2, 0) is 0 Å². The van der Waals surface area contributed by atoms with Crippen LogP contribution < -0.4 is 0 Å². The fourth-order valence-corrected chi connectivity index (χ4v) is 1.85. The maximum absolute atomic E-state index is 13.1. The largest absolute Gasteiger partial charge is 0.390 e. The molecule has 3 atom stereocenters. The van der Waals surface area contributed by atoms with E-state index in [9.17, 15) is 9.50 Å². The summed E-state index contributed by atoms with van der Waals surface area (Å²) >= 11 is 0. The van der Waals surface area contributed by atoms with Crippen molar-refractivity contribution in [3.05, 3.63) is 0 Å². The molecule has 0 saturated heterocycles. The minimum absolute atomic E-state index is 0.547. The molecule has 0 aromatic carbocycles. The van der Waals surface area contributed by atoms with Crippen LogP contribution in [0.25, 0.3) is 0 Å². The molecule has 1 aliphatic rings. The molecule has 1 rings (SSSR count). The Morgan fingerprint density at radius 3 is 2.33 bits per heavy atom. The first kappa shape index (κ1) is 9.97. The highest BCUT2D eigenvalue weighted by atomic mass is 19.1. The fraction of sp³-hybridized carbons (Fsp3) is 1.00. The summed E-state index contributed by atoms with van der Waals surface area (Å²) in [5.74, 6) is 0.711. The molecule has 0 aliphatic heterocycles. The average molecular weight is 174 g/mol. The highest BCUT2D eigenvalue weighted by molar-refractivity contribution is 4.71. The third kappa shape index (κ3) is 3.10. The Hall–Kier alpha value is -0.110. The fourth-order valence-electron chi connectivity index (χ4n) is 1.85. The molecule has 2 heteroatoms. The van der Waals surface area contributed by atoms with E-state index < -0.39 is 12.3 Å². The van der Waals surface area contributed by atoms with E-state index in [-0.39, 0.29) is 0 Å². The number of rotatable bonds is 0. The monoisotopic (exact) mass is 174 g/mol. The van der Waals surface area contributed by atoms with Crippen molar-refractivity contribution < 1.29 is 9.50 Å². The highest BCUT2D eigenvalue weighted by Gasteiger charge is 2.19. The first-order valence-corrected chi connectivity index (χ1v) is 5.02. The Morgan fingerprint density at radius 2 is 1.67 bits per heavy atom. The molecule has 1 fully saturated rings. The summed E-state index contributed by atoms with van der Waals surface area (Å²) in [5.41, 5.74) is 0. The normalized spacial score (nSPS) is 39.8. The van der Waals surface area contributed by atoms with E-state index in [1.807, 2.05) is 0 Å². The Balaban J connectivity index is 2.36. The quantitative estimate of drug-likeness (QED) is 0.598. The molecule has 0 spiro atoms. The van der Waals surface area contributed by atoms with Gasteiger partial charge in [0.15, 0.2) is 0 Å². The zero-order valence-corrected chi connectivity index (χ0v) is 7.80. The lowest BCUT2D eigenvalue weighted by Gasteiger charge is -2.13. The van der Waals surface area contributed by atoms with Crippen LogP contribution in [-0.4, -0.2) is 17.4 Å². The lowest BCUT2D eigenvalue weighted by molar-refractivity contribution is 0.0648. The SMILES string of the molecule is CC1CCCC(O)C(F)CCC1. The highest BCUT2D eigenvalue weighted by Crippen LogP contribution is 2.23. The van der Waals surface area contributed by atoms with Gasteiger partial charge in [0.1, 0.15) is 6.17 Å². The van der Waals surface area contributed by atoms with E-state index in [1.165, 1.54) is 0 Å². The number of alkyl halides is 1. The van der Waals surface area contributed by atoms with Crippen molar-refractivity contribution in [2.24, 2.45) is 5.92 Å². The predicted octanol–water partition coefficient (Wildman–Crippen LogP) is 2.68. The lowest BCUT2D eigenvalue weighted by Crippen LogP contribution is -2.20. The van der Waals surface area contributed by atoms with Crippen molar-refractivity contribution in [1.82, 2.24) is 0 Å². The second-order valence-corrected chi connectivity index (χ2v) is 4.05. The van der Waals surface area contributed by atoms with E-state index >= 15 is 0 Å². The van der Waals surface area contributed by atoms with E-state index in [1.54, 1.807) is 0 Å². The topological polar surface area (TPSA) is 20.2 Å². The molecule has 0 amide bonds. The summed E-state index contributed by atoms with van der Waals surface area (Å²) in [6.07, 6.45) is 3.68. The summed E-state index contributed by atoms with van der Waals surface area (Å²) in [6.45, 7) is 2.21. The average Bonchev–Trinajstić information content (AvgIpc) is 2.08. The van der Waals surface area contributed by atoms with Crippen LogP contribution in [0.5, 0.6) is 0 Å². The molecule has 1 saturated carbocycles. The van der Waals surface area contributed by atoms with Crippen LogP contribution in [0.15, 0.2) is 0 Å². The van der Waals surface area contributed by atoms with Gasteiger partial charge in [-0.05, 0) is 18.8 Å². The van der Waals surface area contributed by atoms with E-state index in [4.69, 9.17) is 0 Å². The van der Waals surface area contributed by atoms with Crippen molar-refractivity contribution in [3.8, 4) is 0 Å². The molecule has 1 aliphatic carbocycles. The van der Waals surface area contributed by atoms with Crippen LogP contribution in [0.2, 0.25) is 0 Å². The molecular weight excluding hydrogens is 155 g/mol. The Bertz CT molecular complexity index is 113. The van der Waals surface area contributed by atoms with Crippen molar-refractivity contribution >= 4 is 0 Å². The molecule has 0 radical (unpaired) electrons. The van der Waals surface area contributed by atoms with Crippen LogP contribution in [0, 0.1) is 5.92 Å². The first-order valence-electron chi connectivity index (χ1n) is 5.02. The van der Waals surface area contributed by atoms with Crippen molar-refractivity contribution in [1.29, 1.82) is 0 Å². The smallest absolute Gasteiger partial charge is 0.126 e. The third-order valence-electron chi connectivity index (χ3n) is 2.79. The summed E-state index contributed by atoms with van der Waals surface area (Å²) in [7, 11) is 0. The van der Waals surface area contributed by atoms with Gasteiger partial charge in [-0.15, -0.1) is 0 Å². The Labute approximate surface area is 74.0 Å². The van der Waals surface area contributed by atoms with Crippen molar-refractivity contribution in [2.75, 3.05) is 0 Å². The molecular formula is C10H19FO. The van der Waals surface area contributed by atoms with Gasteiger partial charge in [0.05, 0.1) is 6.10 Å². The van der Waals surface area contributed by atoms with E-state index in [0.717, 1.165) is 25.7 Å². The first-order chi connectivity index (χ1) is 5.70. The maximum atomic E-state index is 13.1. The van der Waals surface area contributed by atoms with Crippen LogP contribution in [0.1, 0.15) is 45.4 Å². The van der Waals surface area contributed by atoms with Gasteiger partial charge >= 0.3 is 0 Å². The van der Waals surface area contributed by atoms with Gasteiger partial charge in [0.2, 0.25) is 0 Å². The molecule has 0 aromatic rings. The molecule has 1 nitrogen and oxygen atoms in total. The summed E-state index contributed by atoms with van der Waals surface area (Å²) in [4.78, 5) is 0. The Kier molecular flexibility index (Phi) is 3.99. The molecule has 0 aromatic heterocycles. The molecule has 72 valence electrons.